The number of anilines is 1. The number of Topliss-reactive ketones (excluding diaryl/α,β-unsaturated/α-hetero) is 1. The third kappa shape index (κ3) is 4.47. The number of halogens is 1. The van der Waals surface area contributed by atoms with E-state index in [1.807, 2.05) is 6.92 Å². The number of imidazole rings is 1. The van der Waals surface area contributed by atoms with Crippen LogP contribution in [-0.2, 0) is 4.84 Å². The fraction of sp³-hybridized carbons (Fsp3) is 0.190. The monoisotopic (exact) mass is 442 g/mol. The van der Waals surface area contributed by atoms with Gasteiger partial charge in [0.05, 0.1) is 7.11 Å². The van der Waals surface area contributed by atoms with Gasteiger partial charge >= 0.3 is 0 Å². The molecule has 1 aromatic heterocycles. The van der Waals surface area contributed by atoms with Gasteiger partial charge in [0.15, 0.2) is 5.78 Å². The first kappa shape index (κ1) is 20.7. The highest BCUT2D eigenvalue weighted by Gasteiger charge is 2.29. The summed E-state index contributed by atoms with van der Waals surface area (Å²) >= 11 is 5.98. The summed E-state index contributed by atoms with van der Waals surface area (Å²) in [5.41, 5.74) is 1.14. The summed E-state index contributed by atoms with van der Waals surface area (Å²) in [6.07, 6.45) is 1.44. The van der Waals surface area contributed by atoms with Crippen molar-refractivity contribution in [1.82, 2.24) is 9.71 Å². The number of rotatable bonds is 8. The number of fused-ring (bicyclic) bond motifs is 1. The molecule has 1 aliphatic rings. The minimum atomic E-state index is -0.259. The molecule has 3 aromatic rings. The number of ketones is 1. The van der Waals surface area contributed by atoms with E-state index in [0.717, 1.165) is 5.17 Å². The molecule has 0 aliphatic carbocycles. The maximum atomic E-state index is 12.6. The Hall–Kier alpha value is -3.56. The highest BCUT2D eigenvalue weighted by atomic mass is 35.5. The molecule has 0 spiro atoms. The molecule has 0 saturated heterocycles. The van der Waals surface area contributed by atoms with Crippen molar-refractivity contribution in [2.45, 2.75) is 6.92 Å². The molecule has 0 N–H and O–H groups in total. The van der Waals surface area contributed by atoms with Gasteiger partial charge in [0.25, 0.3) is 5.88 Å². The van der Waals surface area contributed by atoms with Crippen molar-refractivity contribution in [2.24, 2.45) is 5.10 Å². The average molecular weight is 443 g/mol. The van der Waals surface area contributed by atoms with E-state index < -0.39 is 0 Å². The van der Waals surface area contributed by atoms with E-state index >= 15 is 0 Å². The molecular weight excluding hydrogens is 424 g/mol. The van der Waals surface area contributed by atoms with Crippen LogP contribution in [0.15, 0.2) is 60.0 Å². The normalized spacial score (nSPS) is 12.6. The minimum Gasteiger partial charge on any atom is -0.497 e. The Morgan fingerprint density at radius 1 is 1.10 bits per heavy atom. The number of ether oxygens (including phenoxy) is 2. The number of aromatic nitrogens is 2. The Kier molecular flexibility index (Phi) is 6.06. The lowest BCUT2D eigenvalue weighted by molar-refractivity contribution is 0.0666. The molecule has 0 fully saturated rings. The number of hydrazone groups is 1. The number of hydrogen-bond acceptors (Lipinski definition) is 8. The van der Waals surface area contributed by atoms with E-state index in [1.54, 1.807) is 55.6 Å². The number of benzene rings is 2. The van der Waals surface area contributed by atoms with E-state index in [9.17, 15) is 4.79 Å². The van der Waals surface area contributed by atoms with Crippen LogP contribution in [0.1, 0.15) is 22.8 Å². The van der Waals surface area contributed by atoms with Gasteiger partial charge in [-0.15, -0.1) is 15.0 Å². The molecule has 160 valence electrons. The molecule has 0 radical (unpaired) electrons. The zero-order chi connectivity index (χ0) is 21.8. The Labute approximate surface area is 183 Å². The van der Waals surface area contributed by atoms with Crippen molar-refractivity contribution in [3.8, 4) is 11.6 Å². The molecule has 1 aliphatic heterocycles. The van der Waals surface area contributed by atoms with Crippen LogP contribution in [0.25, 0.3) is 0 Å². The van der Waals surface area contributed by atoms with Gasteiger partial charge in [-0.1, -0.05) is 11.6 Å². The second kappa shape index (κ2) is 9.07. The largest absolute Gasteiger partial charge is 0.497 e. The number of carbonyl (C=O) groups is 1. The van der Waals surface area contributed by atoms with Crippen molar-refractivity contribution in [3.63, 3.8) is 0 Å². The number of hydrogen-bond donors (Lipinski definition) is 0. The first-order chi connectivity index (χ1) is 15.1. The predicted octanol–water partition coefficient (Wildman–Crippen LogP) is 3.37. The van der Waals surface area contributed by atoms with Crippen LogP contribution in [0.3, 0.4) is 0 Å². The van der Waals surface area contributed by atoms with Gasteiger partial charge in [-0.25, -0.2) is 9.82 Å². The fourth-order valence-corrected chi connectivity index (χ4v) is 2.91. The predicted molar refractivity (Wildman–Crippen MR) is 114 cm³/mol. The number of methoxy groups -OCH3 is 1. The summed E-state index contributed by atoms with van der Waals surface area (Å²) in [4.78, 5) is 28.0. The SMILES string of the molecule is CCOn1cnc2c1OC(c1ccc(Cl)cc1)=NN2OCC(=O)c1ccc(OC)cc1. The summed E-state index contributed by atoms with van der Waals surface area (Å²) in [5.74, 6) is 1.20. The topological polar surface area (TPSA) is 87.4 Å². The second-order valence-electron chi connectivity index (χ2n) is 6.33. The first-order valence-corrected chi connectivity index (χ1v) is 9.80. The van der Waals surface area contributed by atoms with Crippen molar-refractivity contribution in [2.75, 3.05) is 25.5 Å². The van der Waals surface area contributed by atoms with Crippen LogP contribution in [-0.4, -0.2) is 41.7 Å². The summed E-state index contributed by atoms with van der Waals surface area (Å²) in [7, 11) is 1.56. The second-order valence-corrected chi connectivity index (χ2v) is 6.77. The van der Waals surface area contributed by atoms with Gasteiger partial charge in [-0.2, -0.15) is 0 Å². The van der Waals surface area contributed by atoms with Crippen LogP contribution < -0.4 is 19.5 Å². The first-order valence-electron chi connectivity index (χ1n) is 9.42. The maximum absolute atomic E-state index is 12.6. The standard InChI is InChI=1S/C21H19ClN4O5/c1-3-29-25-13-23-19-21(25)31-20(15-4-8-16(22)9-5-15)24-26(19)30-12-18(27)14-6-10-17(28-2)11-7-14/h4-11,13H,3,12H2,1-2H3. The maximum Gasteiger partial charge on any atom is 0.284 e. The molecule has 9 nitrogen and oxygen atoms in total. The van der Waals surface area contributed by atoms with E-state index in [4.69, 9.17) is 30.7 Å². The van der Waals surface area contributed by atoms with Gasteiger partial charge in [-0.3, -0.25) is 4.79 Å². The molecule has 10 heteroatoms. The summed E-state index contributed by atoms with van der Waals surface area (Å²) < 4.78 is 12.4. The smallest absolute Gasteiger partial charge is 0.284 e. The highest BCUT2D eigenvalue weighted by Crippen LogP contribution is 2.32. The lowest BCUT2D eigenvalue weighted by Gasteiger charge is -2.23. The molecule has 2 heterocycles. The van der Waals surface area contributed by atoms with E-state index in [1.165, 1.54) is 11.1 Å². The lowest BCUT2D eigenvalue weighted by atomic mass is 10.1. The van der Waals surface area contributed by atoms with E-state index in [2.05, 4.69) is 10.1 Å². The highest BCUT2D eigenvalue weighted by molar-refractivity contribution is 6.30. The van der Waals surface area contributed by atoms with Crippen LogP contribution in [0.2, 0.25) is 5.02 Å². The van der Waals surface area contributed by atoms with Crippen molar-refractivity contribution >= 4 is 29.1 Å². The van der Waals surface area contributed by atoms with Gasteiger partial charge < -0.3 is 14.3 Å². The molecule has 0 amide bonds. The van der Waals surface area contributed by atoms with Crippen molar-refractivity contribution < 1.29 is 23.9 Å². The van der Waals surface area contributed by atoms with Crippen LogP contribution in [0.4, 0.5) is 5.82 Å². The molecule has 0 unspecified atom stereocenters. The number of nitrogens with zero attached hydrogens (tertiary/aromatic N) is 4. The third-order valence-corrected chi connectivity index (χ3v) is 4.57. The van der Waals surface area contributed by atoms with Crippen LogP contribution in [0.5, 0.6) is 11.6 Å². The molecule has 0 saturated carbocycles. The zero-order valence-corrected chi connectivity index (χ0v) is 17.6. The van der Waals surface area contributed by atoms with Gasteiger partial charge in [0.2, 0.25) is 11.7 Å². The van der Waals surface area contributed by atoms with Crippen molar-refractivity contribution in [1.29, 1.82) is 0 Å². The minimum absolute atomic E-state index is 0.233. The Morgan fingerprint density at radius 3 is 2.52 bits per heavy atom. The van der Waals surface area contributed by atoms with E-state index in [0.29, 0.717) is 28.5 Å². The van der Waals surface area contributed by atoms with Crippen LogP contribution >= 0.6 is 11.6 Å². The van der Waals surface area contributed by atoms with Crippen molar-refractivity contribution in [3.05, 3.63) is 71.0 Å². The van der Waals surface area contributed by atoms with Gasteiger partial charge in [0.1, 0.15) is 25.3 Å². The lowest BCUT2D eigenvalue weighted by Crippen LogP contribution is -2.31. The molecule has 2 aromatic carbocycles. The number of carbonyl (C=O) groups excluding carboxylic acids is 1. The Bertz CT molecular complexity index is 1100. The summed E-state index contributed by atoms with van der Waals surface area (Å²) in [5, 5.41) is 6.08. The fourth-order valence-electron chi connectivity index (χ4n) is 2.79. The van der Waals surface area contributed by atoms with Crippen LogP contribution in [0, 0.1) is 0 Å². The van der Waals surface area contributed by atoms with Gasteiger partial charge in [-0.05, 0) is 55.5 Å². The Balaban J connectivity index is 1.57. The van der Waals surface area contributed by atoms with Gasteiger partial charge in [0, 0.05) is 16.1 Å². The molecule has 0 atom stereocenters. The summed E-state index contributed by atoms with van der Waals surface area (Å²) in [6, 6.07) is 13.7. The van der Waals surface area contributed by atoms with E-state index in [-0.39, 0.29) is 30.0 Å². The average Bonchev–Trinajstić information content (AvgIpc) is 3.21. The third-order valence-electron chi connectivity index (χ3n) is 4.32. The summed E-state index contributed by atoms with van der Waals surface area (Å²) in [6.45, 7) is 1.98. The molecule has 0 bridgehead atoms. The zero-order valence-electron chi connectivity index (χ0n) is 16.8. The molecule has 31 heavy (non-hydrogen) atoms. The molecule has 4 rings (SSSR count). The molecular formula is C21H19ClN4O5. The Morgan fingerprint density at radius 2 is 1.84 bits per heavy atom. The quantitative estimate of drug-likeness (QED) is 0.494.